The van der Waals surface area contributed by atoms with E-state index in [1.807, 2.05) is 56.5 Å². The zero-order chi connectivity index (χ0) is 19.4. The van der Waals surface area contributed by atoms with Crippen LogP contribution in [0.3, 0.4) is 0 Å². The number of carbonyl (C=O) groups excluding carboxylic acids is 1. The fourth-order valence-corrected chi connectivity index (χ4v) is 3.32. The molecule has 0 N–H and O–H groups in total. The van der Waals surface area contributed by atoms with Crippen LogP contribution in [-0.4, -0.2) is 33.6 Å². The lowest BCUT2D eigenvalue weighted by Crippen LogP contribution is -2.40. The molecule has 6 nitrogen and oxygen atoms in total. The van der Waals surface area contributed by atoms with E-state index in [1.54, 1.807) is 23.2 Å². The van der Waals surface area contributed by atoms with Crippen molar-refractivity contribution in [3.05, 3.63) is 52.7 Å². The molecular formula is C20H23N3O3S. The number of nitrogens with zero attached hydrogens (tertiary/aromatic N) is 3. The molecule has 27 heavy (non-hydrogen) atoms. The normalized spacial score (nSPS) is 12.0. The third-order valence-corrected chi connectivity index (χ3v) is 5.09. The summed E-state index contributed by atoms with van der Waals surface area (Å²) in [5.74, 6) is 1.56. The van der Waals surface area contributed by atoms with Gasteiger partial charge >= 0.3 is 0 Å². The molecule has 3 rings (SSSR count). The second-order valence-electron chi connectivity index (χ2n) is 6.37. The molecule has 0 saturated carbocycles. The van der Waals surface area contributed by atoms with Crippen LogP contribution in [0, 0.1) is 13.8 Å². The average Bonchev–Trinajstić information content (AvgIpc) is 3.33. The van der Waals surface area contributed by atoms with Gasteiger partial charge < -0.3 is 14.2 Å². The fraction of sp³-hybridized carbons (Fsp3) is 0.350. The van der Waals surface area contributed by atoms with Gasteiger partial charge in [0.05, 0.1) is 4.88 Å². The number of ether oxygens (including phenoxy) is 1. The third-order valence-electron chi connectivity index (χ3n) is 4.22. The summed E-state index contributed by atoms with van der Waals surface area (Å²) >= 11 is 1.54. The molecule has 0 spiro atoms. The number of carbonyl (C=O) groups is 1. The lowest BCUT2D eigenvalue weighted by molar-refractivity contribution is -0.138. The Hall–Kier alpha value is -2.67. The summed E-state index contributed by atoms with van der Waals surface area (Å²) in [6.07, 6.45) is -0.606. The predicted molar refractivity (Wildman–Crippen MR) is 105 cm³/mol. The Balaban J connectivity index is 1.67. The zero-order valence-corrected chi connectivity index (χ0v) is 16.7. The van der Waals surface area contributed by atoms with E-state index in [9.17, 15) is 4.79 Å². The van der Waals surface area contributed by atoms with Gasteiger partial charge in [-0.15, -0.1) is 11.3 Å². The summed E-state index contributed by atoms with van der Waals surface area (Å²) in [4.78, 5) is 19.8. The SMILES string of the molecule is CCN(Cc1nc(-c2cccs2)no1)C(=O)[C@@H](C)Oc1cc(C)ccc1C. The quantitative estimate of drug-likeness (QED) is 0.609. The van der Waals surface area contributed by atoms with Gasteiger partial charge in [0.2, 0.25) is 11.7 Å². The minimum Gasteiger partial charge on any atom is -0.481 e. The zero-order valence-electron chi connectivity index (χ0n) is 15.9. The number of benzene rings is 1. The van der Waals surface area contributed by atoms with Crippen molar-refractivity contribution in [3.8, 4) is 16.5 Å². The van der Waals surface area contributed by atoms with Gasteiger partial charge in [-0.1, -0.05) is 23.4 Å². The van der Waals surface area contributed by atoms with Gasteiger partial charge in [-0.25, -0.2) is 0 Å². The van der Waals surface area contributed by atoms with Gasteiger partial charge in [-0.2, -0.15) is 4.98 Å². The second-order valence-corrected chi connectivity index (χ2v) is 7.32. The molecule has 1 atom stereocenters. The third kappa shape index (κ3) is 4.54. The lowest BCUT2D eigenvalue weighted by atomic mass is 10.1. The van der Waals surface area contributed by atoms with Crippen molar-refractivity contribution in [2.75, 3.05) is 6.54 Å². The van der Waals surface area contributed by atoms with Crippen molar-refractivity contribution >= 4 is 17.2 Å². The van der Waals surface area contributed by atoms with Crippen LogP contribution in [0.15, 0.2) is 40.2 Å². The lowest BCUT2D eigenvalue weighted by Gasteiger charge is -2.24. The molecule has 0 aliphatic rings. The molecule has 0 bridgehead atoms. The van der Waals surface area contributed by atoms with Gasteiger partial charge in [0.25, 0.3) is 5.91 Å². The van der Waals surface area contributed by atoms with Crippen LogP contribution < -0.4 is 4.74 Å². The molecule has 0 aliphatic heterocycles. The molecule has 0 unspecified atom stereocenters. The molecule has 142 valence electrons. The van der Waals surface area contributed by atoms with Crippen LogP contribution in [0.25, 0.3) is 10.7 Å². The van der Waals surface area contributed by atoms with Crippen LogP contribution in [-0.2, 0) is 11.3 Å². The number of rotatable bonds is 7. The maximum Gasteiger partial charge on any atom is 0.263 e. The first-order valence-electron chi connectivity index (χ1n) is 8.87. The maximum absolute atomic E-state index is 12.8. The van der Waals surface area contributed by atoms with E-state index < -0.39 is 6.10 Å². The Morgan fingerprint density at radius 2 is 2.15 bits per heavy atom. The number of hydrogen-bond donors (Lipinski definition) is 0. The van der Waals surface area contributed by atoms with E-state index in [2.05, 4.69) is 10.1 Å². The van der Waals surface area contributed by atoms with E-state index in [0.29, 0.717) is 18.3 Å². The molecule has 0 aliphatic carbocycles. The van der Waals surface area contributed by atoms with E-state index in [4.69, 9.17) is 9.26 Å². The van der Waals surface area contributed by atoms with Crippen LogP contribution in [0.2, 0.25) is 0 Å². The monoisotopic (exact) mass is 385 g/mol. The van der Waals surface area contributed by atoms with Crippen molar-refractivity contribution < 1.29 is 14.1 Å². The summed E-state index contributed by atoms with van der Waals surface area (Å²) in [5.41, 5.74) is 2.09. The van der Waals surface area contributed by atoms with Crippen LogP contribution in [0.1, 0.15) is 30.9 Å². The molecule has 3 aromatic rings. The van der Waals surface area contributed by atoms with E-state index in [-0.39, 0.29) is 12.5 Å². The minimum absolute atomic E-state index is 0.116. The average molecular weight is 385 g/mol. The molecule has 7 heteroatoms. The molecule has 0 radical (unpaired) electrons. The van der Waals surface area contributed by atoms with E-state index in [1.165, 1.54) is 0 Å². The first kappa shape index (κ1) is 19.1. The number of likely N-dealkylation sites (N-methyl/N-ethyl adjacent to an activating group) is 1. The highest BCUT2D eigenvalue weighted by atomic mass is 32.1. The van der Waals surface area contributed by atoms with Crippen LogP contribution in [0.5, 0.6) is 5.75 Å². The van der Waals surface area contributed by atoms with Crippen LogP contribution >= 0.6 is 11.3 Å². The highest BCUT2D eigenvalue weighted by molar-refractivity contribution is 7.13. The van der Waals surface area contributed by atoms with Crippen molar-refractivity contribution in [1.29, 1.82) is 0 Å². The number of aromatic nitrogens is 2. The predicted octanol–water partition coefficient (Wildman–Crippen LogP) is 4.23. The Labute approximate surface area is 162 Å². The second kappa shape index (κ2) is 8.35. The Morgan fingerprint density at radius 3 is 2.85 bits per heavy atom. The summed E-state index contributed by atoms with van der Waals surface area (Å²) in [6, 6.07) is 9.82. The topological polar surface area (TPSA) is 68.5 Å². The summed E-state index contributed by atoms with van der Waals surface area (Å²) in [5, 5.41) is 5.95. The minimum atomic E-state index is -0.606. The number of aryl methyl sites for hydroxylation is 2. The van der Waals surface area contributed by atoms with Crippen LogP contribution in [0.4, 0.5) is 0 Å². The Morgan fingerprint density at radius 1 is 1.33 bits per heavy atom. The van der Waals surface area contributed by atoms with Crippen molar-refractivity contribution in [1.82, 2.24) is 15.0 Å². The number of thiophene rings is 1. The summed E-state index contributed by atoms with van der Waals surface area (Å²) < 4.78 is 11.2. The molecule has 2 aromatic heterocycles. The van der Waals surface area contributed by atoms with Gasteiger partial charge in [0.15, 0.2) is 6.10 Å². The molecule has 0 saturated heterocycles. The Bertz CT molecular complexity index is 905. The van der Waals surface area contributed by atoms with Crippen molar-refractivity contribution in [2.24, 2.45) is 0 Å². The first-order valence-corrected chi connectivity index (χ1v) is 9.75. The summed E-state index contributed by atoms with van der Waals surface area (Å²) in [7, 11) is 0. The first-order chi connectivity index (χ1) is 13.0. The summed E-state index contributed by atoms with van der Waals surface area (Å²) in [6.45, 7) is 8.42. The van der Waals surface area contributed by atoms with Crippen molar-refractivity contribution in [3.63, 3.8) is 0 Å². The van der Waals surface area contributed by atoms with E-state index in [0.717, 1.165) is 21.8 Å². The Kier molecular flexibility index (Phi) is 5.91. The largest absolute Gasteiger partial charge is 0.481 e. The van der Waals surface area contributed by atoms with E-state index >= 15 is 0 Å². The van der Waals surface area contributed by atoms with Gasteiger partial charge in [-0.05, 0) is 56.3 Å². The smallest absolute Gasteiger partial charge is 0.263 e. The van der Waals surface area contributed by atoms with Crippen molar-refractivity contribution in [2.45, 2.75) is 40.3 Å². The molecule has 2 heterocycles. The highest BCUT2D eigenvalue weighted by Gasteiger charge is 2.24. The number of hydrogen-bond acceptors (Lipinski definition) is 6. The van der Waals surface area contributed by atoms with Gasteiger partial charge in [0, 0.05) is 6.54 Å². The molecule has 1 amide bonds. The molecule has 1 aromatic carbocycles. The molecular weight excluding hydrogens is 362 g/mol. The highest BCUT2D eigenvalue weighted by Crippen LogP contribution is 2.23. The van der Waals surface area contributed by atoms with Gasteiger partial charge in [0.1, 0.15) is 12.3 Å². The molecule has 0 fully saturated rings. The fourth-order valence-electron chi connectivity index (χ4n) is 2.67. The number of amides is 1. The standard InChI is InChI=1S/C20H23N3O3S/c1-5-23(12-18-21-19(22-26-18)17-7-6-10-27-17)20(24)15(4)25-16-11-13(2)8-9-14(16)3/h6-11,15H,5,12H2,1-4H3/t15-/m1/s1. The van der Waals surface area contributed by atoms with Gasteiger partial charge in [-0.3, -0.25) is 4.79 Å². The maximum atomic E-state index is 12.8.